The minimum atomic E-state index is -0.935. The molecule has 0 spiro atoms. The van der Waals surface area contributed by atoms with Crippen LogP contribution in [-0.4, -0.2) is 42.6 Å². The van der Waals surface area contributed by atoms with Crippen molar-refractivity contribution in [3.63, 3.8) is 0 Å². The summed E-state index contributed by atoms with van der Waals surface area (Å²) < 4.78 is 16.3. The van der Waals surface area contributed by atoms with Crippen molar-refractivity contribution >= 4 is 45.6 Å². The van der Waals surface area contributed by atoms with E-state index in [1.807, 2.05) is 31.2 Å². The molecular weight excluding hydrogens is 508 g/mol. The molecular formula is C29H25ClN2O6. The summed E-state index contributed by atoms with van der Waals surface area (Å²) in [5, 5.41) is 12.6. The fourth-order valence-electron chi connectivity index (χ4n) is 4.77. The van der Waals surface area contributed by atoms with Crippen LogP contribution in [0.15, 0.2) is 72.4 Å². The predicted molar refractivity (Wildman–Crippen MR) is 145 cm³/mol. The van der Waals surface area contributed by atoms with Crippen molar-refractivity contribution < 1.29 is 28.9 Å². The number of rotatable bonds is 7. The molecule has 1 unspecified atom stereocenters. The normalized spacial score (nSPS) is 16.7. The number of anilines is 1. The topological polar surface area (TPSA) is 101 Å². The average Bonchev–Trinajstić information content (AvgIpc) is 3.47. The molecule has 5 rings (SSSR count). The number of benzene rings is 3. The number of H-pyrrole nitrogens is 1. The Hall–Kier alpha value is -4.43. The quantitative estimate of drug-likeness (QED) is 0.175. The molecule has 4 aromatic rings. The third kappa shape index (κ3) is 4.13. The van der Waals surface area contributed by atoms with Gasteiger partial charge in [-0.3, -0.25) is 14.5 Å². The van der Waals surface area contributed by atoms with Crippen LogP contribution >= 0.6 is 11.6 Å². The van der Waals surface area contributed by atoms with Crippen molar-refractivity contribution in [2.24, 2.45) is 0 Å². The highest BCUT2D eigenvalue weighted by atomic mass is 35.5. The third-order valence-corrected chi connectivity index (χ3v) is 6.81. The van der Waals surface area contributed by atoms with E-state index < -0.39 is 23.5 Å². The highest BCUT2D eigenvalue weighted by Gasteiger charge is 2.48. The molecule has 8 nitrogen and oxygen atoms in total. The second-order valence-electron chi connectivity index (χ2n) is 8.57. The zero-order valence-electron chi connectivity index (χ0n) is 20.9. The van der Waals surface area contributed by atoms with Crippen LogP contribution < -0.4 is 19.1 Å². The summed E-state index contributed by atoms with van der Waals surface area (Å²) in [6.07, 6.45) is 1.74. The highest BCUT2D eigenvalue weighted by Crippen LogP contribution is 2.46. The second-order valence-corrected chi connectivity index (χ2v) is 8.98. The summed E-state index contributed by atoms with van der Waals surface area (Å²) in [6.45, 7) is 2.37. The molecule has 1 saturated heterocycles. The van der Waals surface area contributed by atoms with E-state index in [0.29, 0.717) is 29.4 Å². The SMILES string of the molecule is CCOc1ccc(N2C(=O)C(=O)/C(=C(/O)c3cc(Cl)c(OC)cc3OC)C2c2c[nH]c3ccccc23)cc1. The first-order valence-corrected chi connectivity index (χ1v) is 12.3. The van der Waals surface area contributed by atoms with Crippen LogP contribution in [0.5, 0.6) is 17.2 Å². The highest BCUT2D eigenvalue weighted by molar-refractivity contribution is 6.52. The van der Waals surface area contributed by atoms with Gasteiger partial charge in [-0.1, -0.05) is 29.8 Å². The number of nitrogens with zero attached hydrogens (tertiary/aromatic N) is 1. The van der Waals surface area contributed by atoms with E-state index in [0.717, 1.165) is 10.9 Å². The number of aromatic amines is 1. The summed E-state index contributed by atoms with van der Waals surface area (Å²) in [5.74, 6) is -0.815. The number of ether oxygens (including phenoxy) is 3. The van der Waals surface area contributed by atoms with E-state index in [-0.39, 0.29) is 21.9 Å². The van der Waals surface area contributed by atoms with Gasteiger partial charge in [0, 0.05) is 34.4 Å². The Labute approximate surface area is 224 Å². The molecule has 3 aromatic carbocycles. The molecule has 0 bridgehead atoms. The number of amides is 1. The van der Waals surface area contributed by atoms with E-state index >= 15 is 0 Å². The first-order valence-electron chi connectivity index (χ1n) is 11.9. The Balaban J connectivity index is 1.76. The van der Waals surface area contributed by atoms with Gasteiger partial charge in [-0.05, 0) is 43.3 Å². The lowest BCUT2D eigenvalue weighted by Gasteiger charge is -2.25. The average molecular weight is 533 g/mol. The van der Waals surface area contributed by atoms with Crippen LogP contribution in [0.25, 0.3) is 16.7 Å². The number of carbonyl (C=O) groups is 2. The lowest BCUT2D eigenvalue weighted by molar-refractivity contribution is -0.132. The van der Waals surface area contributed by atoms with Crippen LogP contribution in [-0.2, 0) is 9.59 Å². The maximum Gasteiger partial charge on any atom is 0.300 e. The molecule has 0 radical (unpaired) electrons. The Morgan fingerprint density at radius 2 is 1.74 bits per heavy atom. The molecule has 1 amide bonds. The molecule has 2 N–H and O–H groups in total. The van der Waals surface area contributed by atoms with Crippen LogP contribution in [0.1, 0.15) is 24.1 Å². The Kier molecular flexibility index (Phi) is 6.73. The van der Waals surface area contributed by atoms with Crippen molar-refractivity contribution in [1.82, 2.24) is 4.98 Å². The molecule has 2 heterocycles. The van der Waals surface area contributed by atoms with Crippen LogP contribution in [0.4, 0.5) is 5.69 Å². The molecule has 1 aliphatic heterocycles. The number of hydrogen-bond donors (Lipinski definition) is 2. The number of aromatic nitrogens is 1. The molecule has 38 heavy (non-hydrogen) atoms. The number of ketones is 1. The van der Waals surface area contributed by atoms with Crippen molar-refractivity contribution in [2.45, 2.75) is 13.0 Å². The number of carbonyl (C=O) groups excluding carboxylic acids is 2. The molecule has 9 heteroatoms. The fourth-order valence-corrected chi connectivity index (χ4v) is 5.01. The molecule has 1 aliphatic rings. The Morgan fingerprint density at radius 3 is 2.42 bits per heavy atom. The van der Waals surface area contributed by atoms with Gasteiger partial charge in [0.25, 0.3) is 11.7 Å². The number of halogens is 1. The standard InChI is InChI=1S/C29H25ClN2O6/c1-4-38-17-11-9-16(10-12-17)32-26(20-15-31-22-8-6-5-7-18(20)22)25(28(34)29(32)35)27(33)19-13-21(30)24(37-3)14-23(19)36-2/h5-15,26,31,33H,4H2,1-3H3/b27-25+. The van der Waals surface area contributed by atoms with E-state index in [1.165, 1.54) is 31.3 Å². The van der Waals surface area contributed by atoms with Gasteiger partial charge in [-0.2, -0.15) is 0 Å². The minimum absolute atomic E-state index is 0.0897. The zero-order valence-corrected chi connectivity index (χ0v) is 21.7. The van der Waals surface area contributed by atoms with Crippen molar-refractivity contribution in [3.05, 3.63) is 88.6 Å². The molecule has 194 valence electrons. The number of aliphatic hydroxyl groups excluding tert-OH is 1. The Bertz CT molecular complexity index is 1570. The van der Waals surface area contributed by atoms with E-state index in [1.54, 1.807) is 30.5 Å². The number of fused-ring (bicyclic) bond motifs is 1. The maximum absolute atomic E-state index is 13.6. The molecule has 0 aliphatic carbocycles. The van der Waals surface area contributed by atoms with Gasteiger partial charge in [-0.15, -0.1) is 0 Å². The number of para-hydroxylation sites is 1. The van der Waals surface area contributed by atoms with Gasteiger partial charge >= 0.3 is 0 Å². The second kappa shape index (κ2) is 10.1. The summed E-state index contributed by atoms with van der Waals surface area (Å²) in [5.41, 5.74) is 2.02. The zero-order chi connectivity index (χ0) is 27.0. The van der Waals surface area contributed by atoms with Crippen molar-refractivity contribution in [3.8, 4) is 17.2 Å². The number of nitrogens with one attached hydrogen (secondary N) is 1. The largest absolute Gasteiger partial charge is 0.507 e. The number of aliphatic hydroxyl groups is 1. The fraction of sp³-hybridized carbons (Fsp3) is 0.172. The van der Waals surface area contributed by atoms with Gasteiger partial charge in [-0.25, -0.2) is 0 Å². The molecule has 1 atom stereocenters. The van der Waals surface area contributed by atoms with Gasteiger partial charge < -0.3 is 24.3 Å². The third-order valence-electron chi connectivity index (χ3n) is 6.52. The summed E-state index contributed by atoms with van der Waals surface area (Å²) in [6, 6.07) is 16.5. The number of Topliss-reactive ketones (excluding diaryl/α,β-unsaturated/α-hetero) is 1. The van der Waals surface area contributed by atoms with E-state index in [4.69, 9.17) is 25.8 Å². The minimum Gasteiger partial charge on any atom is -0.507 e. The first kappa shape index (κ1) is 25.2. The molecule has 0 saturated carbocycles. The first-order chi connectivity index (χ1) is 18.4. The smallest absolute Gasteiger partial charge is 0.300 e. The van der Waals surface area contributed by atoms with E-state index in [9.17, 15) is 14.7 Å². The van der Waals surface area contributed by atoms with Crippen LogP contribution in [0, 0.1) is 0 Å². The summed E-state index contributed by atoms with van der Waals surface area (Å²) in [7, 11) is 2.88. The summed E-state index contributed by atoms with van der Waals surface area (Å²) >= 11 is 6.36. The van der Waals surface area contributed by atoms with Gasteiger partial charge in [0.1, 0.15) is 23.0 Å². The van der Waals surface area contributed by atoms with Gasteiger partial charge in [0.2, 0.25) is 0 Å². The summed E-state index contributed by atoms with van der Waals surface area (Å²) in [4.78, 5) is 31.7. The lowest BCUT2D eigenvalue weighted by atomic mass is 9.94. The van der Waals surface area contributed by atoms with Crippen LogP contribution in [0.3, 0.4) is 0 Å². The lowest BCUT2D eigenvalue weighted by Crippen LogP contribution is -2.29. The van der Waals surface area contributed by atoms with Crippen molar-refractivity contribution in [1.29, 1.82) is 0 Å². The monoisotopic (exact) mass is 532 g/mol. The van der Waals surface area contributed by atoms with E-state index in [2.05, 4.69) is 4.98 Å². The maximum atomic E-state index is 13.6. The van der Waals surface area contributed by atoms with Crippen molar-refractivity contribution in [2.75, 3.05) is 25.7 Å². The van der Waals surface area contributed by atoms with Crippen LogP contribution in [0.2, 0.25) is 5.02 Å². The number of methoxy groups -OCH3 is 2. The predicted octanol–water partition coefficient (Wildman–Crippen LogP) is 5.86. The molecule has 1 fully saturated rings. The molecule has 1 aromatic heterocycles. The number of hydrogen-bond acceptors (Lipinski definition) is 6. The van der Waals surface area contributed by atoms with Gasteiger partial charge in [0.15, 0.2) is 0 Å². The Morgan fingerprint density at radius 1 is 1.03 bits per heavy atom. The van der Waals surface area contributed by atoms with Gasteiger partial charge in [0.05, 0.1) is 43.0 Å².